The van der Waals surface area contributed by atoms with E-state index in [2.05, 4.69) is 17.6 Å². The molecule has 1 atom stereocenters. The quantitative estimate of drug-likeness (QED) is 0.608. The lowest BCUT2D eigenvalue weighted by Gasteiger charge is -2.30. The van der Waals surface area contributed by atoms with Crippen LogP contribution in [0.25, 0.3) is 0 Å². The van der Waals surface area contributed by atoms with Gasteiger partial charge in [0.25, 0.3) is 0 Å². The third-order valence-corrected chi connectivity index (χ3v) is 6.12. The van der Waals surface area contributed by atoms with Gasteiger partial charge in [-0.3, -0.25) is 4.79 Å². The number of urea groups is 1. The first-order chi connectivity index (χ1) is 14.1. The third-order valence-electron chi connectivity index (χ3n) is 6.12. The van der Waals surface area contributed by atoms with E-state index in [1.54, 1.807) is 7.11 Å². The molecule has 6 heteroatoms. The molecule has 2 N–H and O–H groups in total. The second-order valence-corrected chi connectivity index (χ2v) is 8.38. The van der Waals surface area contributed by atoms with Crippen molar-refractivity contribution in [3.05, 3.63) is 24.3 Å². The molecule has 3 amide bonds. The van der Waals surface area contributed by atoms with Gasteiger partial charge >= 0.3 is 6.03 Å². The maximum Gasteiger partial charge on any atom is 0.315 e. The Morgan fingerprint density at radius 1 is 1.10 bits per heavy atom. The van der Waals surface area contributed by atoms with Crippen LogP contribution < -0.4 is 20.3 Å². The molecule has 0 saturated heterocycles. The van der Waals surface area contributed by atoms with Crippen LogP contribution in [0.2, 0.25) is 0 Å². The lowest BCUT2D eigenvalue weighted by molar-refractivity contribution is -0.119. The monoisotopic (exact) mass is 401 g/mol. The minimum absolute atomic E-state index is 0.109. The van der Waals surface area contributed by atoms with Gasteiger partial charge < -0.3 is 20.3 Å². The lowest BCUT2D eigenvalue weighted by atomic mass is 9.96. The maximum absolute atomic E-state index is 13.0. The number of carbonyl (C=O) groups excluding carboxylic acids is 2. The third kappa shape index (κ3) is 6.38. The Kier molecular flexibility index (Phi) is 7.78. The van der Waals surface area contributed by atoms with E-state index in [1.165, 1.54) is 32.1 Å². The van der Waals surface area contributed by atoms with Crippen LogP contribution in [0.15, 0.2) is 24.3 Å². The standard InChI is InChI=1S/C23H35N3O3/c1-17(18-10-11-18)26(20-12-14-21(29-2)15-13-20)22(27)9-6-16-24-23(28)25-19-7-4-3-5-8-19/h12-15,17-19H,3-11,16H2,1-2H3,(H2,24,25,28). The number of nitrogens with zero attached hydrogens (tertiary/aromatic N) is 1. The highest BCUT2D eigenvalue weighted by Crippen LogP contribution is 2.37. The fourth-order valence-corrected chi connectivity index (χ4v) is 4.18. The molecule has 2 aliphatic rings. The van der Waals surface area contributed by atoms with Crippen molar-refractivity contribution in [2.45, 2.75) is 76.8 Å². The van der Waals surface area contributed by atoms with Gasteiger partial charge in [-0.25, -0.2) is 4.79 Å². The highest BCUT2D eigenvalue weighted by molar-refractivity contribution is 5.94. The summed E-state index contributed by atoms with van der Waals surface area (Å²) in [6, 6.07) is 8.08. The zero-order valence-corrected chi connectivity index (χ0v) is 17.8. The first kappa shape index (κ1) is 21.5. The number of ether oxygens (including phenoxy) is 1. The van der Waals surface area contributed by atoms with E-state index >= 15 is 0 Å². The Morgan fingerprint density at radius 2 is 1.79 bits per heavy atom. The van der Waals surface area contributed by atoms with E-state index < -0.39 is 0 Å². The molecular weight excluding hydrogens is 366 g/mol. The molecule has 1 unspecified atom stereocenters. The normalized spacial score (nSPS) is 18.0. The Labute approximate surface area is 174 Å². The molecule has 0 bridgehead atoms. The van der Waals surface area contributed by atoms with Crippen molar-refractivity contribution < 1.29 is 14.3 Å². The van der Waals surface area contributed by atoms with Crippen molar-refractivity contribution in [3.8, 4) is 5.75 Å². The average Bonchev–Trinajstić information content (AvgIpc) is 3.58. The van der Waals surface area contributed by atoms with Crippen LogP contribution in [0.4, 0.5) is 10.5 Å². The second-order valence-electron chi connectivity index (χ2n) is 8.38. The molecule has 1 aromatic carbocycles. The molecule has 1 aromatic rings. The molecule has 2 saturated carbocycles. The van der Waals surface area contributed by atoms with Gasteiger partial charge in [-0.05, 0) is 69.2 Å². The van der Waals surface area contributed by atoms with Crippen molar-refractivity contribution >= 4 is 17.6 Å². The molecule has 0 heterocycles. The molecule has 6 nitrogen and oxygen atoms in total. The van der Waals surface area contributed by atoms with E-state index in [-0.39, 0.29) is 18.0 Å². The summed E-state index contributed by atoms with van der Waals surface area (Å²) >= 11 is 0. The minimum Gasteiger partial charge on any atom is -0.497 e. The topological polar surface area (TPSA) is 70.7 Å². The number of amides is 3. The SMILES string of the molecule is COc1ccc(N(C(=O)CCCNC(=O)NC2CCCCC2)C(C)C2CC2)cc1. The van der Waals surface area contributed by atoms with Crippen molar-refractivity contribution in [1.82, 2.24) is 10.6 Å². The van der Waals surface area contributed by atoms with E-state index in [0.717, 1.165) is 24.3 Å². The summed E-state index contributed by atoms with van der Waals surface area (Å²) in [6.07, 6.45) is 9.23. The van der Waals surface area contributed by atoms with Gasteiger partial charge in [0, 0.05) is 30.7 Å². The van der Waals surface area contributed by atoms with E-state index in [0.29, 0.717) is 31.3 Å². The van der Waals surface area contributed by atoms with Crippen molar-refractivity contribution in [2.75, 3.05) is 18.6 Å². The molecule has 29 heavy (non-hydrogen) atoms. The molecule has 0 spiro atoms. The highest BCUT2D eigenvalue weighted by Gasteiger charge is 2.34. The minimum atomic E-state index is -0.109. The van der Waals surface area contributed by atoms with Crippen LogP contribution in [0.5, 0.6) is 5.75 Å². The van der Waals surface area contributed by atoms with Crippen LogP contribution in [0.3, 0.4) is 0 Å². The van der Waals surface area contributed by atoms with Crippen LogP contribution in [0, 0.1) is 5.92 Å². The fourth-order valence-electron chi connectivity index (χ4n) is 4.18. The van der Waals surface area contributed by atoms with Gasteiger partial charge in [0.05, 0.1) is 7.11 Å². The summed E-state index contributed by atoms with van der Waals surface area (Å²) in [4.78, 5) is 27.0. The number of methoxy groups -OCH3 is 1. The molecule has 2 fully saturated rings. The largest absolute Gasteiger partial charge is 0.497 e. The van der Waals surface area contributed by atoms with Crippen LogP contribution in [0.1, 0.15) is 64.7 Å². The molecule has 0 aromatic heterocycles. The summed E-state index contributed by atoms with van der Waals surface area (Å²) in [7, 11) is 1.64. The average molecular weight is 402 g/mol. The van der Waals surface area contributed by atoms with Gasteiger partial charge in [0.2, 0.25) is 5.91 Å². The zero-order chi connectivity index (χ0) is 20.6. The predicted molar refractivity (Wildman–Crippen MR) is 115 cm³/mol. The number of rotatable bonds is 9. The fraction of sp³-hybridized carbons (Fsp3) is 0.652. The Bertz CT molecular complexity index is 666. The summed E-state index contributed by atoms with van der Waals surface area (Å²) in [5, 5.41) is 5.96. The molecule has 0 aliphatic heterocycles. The number of hydrogen-bond acceptors (Lipinski definition) is 3. The first-order valence-electron chi connectivity index (χ1n) is 11.1. The molecule has 2 aliphatic carbocycles. The molecule has 0 radical (unpaired) electrons. The predicted octanol–water partition coefficient (Wildman–Crippen LogP) is 4.24. The Hall–Kier alpha value is -2.24. The van der Waals surface area contributed by atoms with Gasteiger partial charge in [-0.2, -0.15) is 0 Å². The molecule has 3 rings (SSSR count). The van der Waals surface area contributed by atoms with Gasteiger partial charge in [-0.15, -0.1) is 0 Å². The summed E-state index contributed by atoms with van der Waals surface area (Å²) in [5.41, 5.74) is 0.915. The number of hydrogen-bond donors (Lipinski definition) is 2. The Balaban J connectivity index is 1.47. The first-order valence-corrected chi connectivity index (χ1v) is 11.1. The van der Waals surface area contributed by atoms with Crippen LogP contribution >= 0.6 is 0 Å². The van der Waals surface area contributed by atoms with Crippen LogP contribution in [-0.2, 0) is 4.79 Å². The Morgan fingerprint density at radius 3 is 2.41 bits per heavy atom. The van der Waals surface area contributed by atoms with Gasteiger partial charge in [0.15, 0.2) is 0 Å². The van der Waals surface area contributed by atoms with Crippen molar-refractivity contribution in [1.29, 1.82) is 0 Å². The van der Waals surface area contributed by atoms with Gasteiger partial charge in [-0.1, -0.05) is 19.3 Å². The maximum atomic E-state index is 13.0. The van der Waals surface area contributed by atoms with Crippen LogP contribution in [-0.4, -0.2) is 37.7 Å². The van der Waals surface area contributed by atoms with E-state index in [1.807, 2.05) is 29.2 Å². The van der Waals surface area contributed by atoms with E-state index in [9.17, 15) is 9.59 Å². The summed E-state index contributed by atoms with van der Waals surface area (Å²) in [5.74, 6) is 1.48. The number of carbonyl (C=O) groups is 2. The highest BCUT2D eigenvalue weighted by atomic mass is 16.5. The van der Waals surface area contributed by atoms with E-state index in [4.69, 9.17) is 4.74 Å². The number of nitrogens with one attached hydrogen (secondary N) is 2. The smallest absolute Gasteiger partial charge is 0.315 e. The number of benzene rings is 1. The number of anilines is 1. The van der Waals surface area contributed by atoms with Crippen molar-refractivity contribution in [3.63, 3.8) is 0 Å². The molecular formula is C23H35N3O3. The molecule has 160 valence electrons. The second kappa shape index (κ2) is 10.5. The zero-order valence-electron chi connectivity index (χ0n) is 17.8. The van der Waals surface area contributed by atoms with Gasteiger partial charge in [0.1, 0.15) is 5.75 Å². The lowest BCUT2D eigenvalue weighted by Crippen LogP contribution is -2.43. The summed E-state index contributed by atoms with van der Waals surface area (Å²) in [6.45, 7) is 2.65. The van der Waals surface area contributed by atoms with Crippen molar-refractivity contribution in [2.24, 2.45) is 5.92 Å². The summed E-state index contributed by atoms with van der Waals surface area (Å²) < 4.78 is 5.24.